The molecular weight excluding hydrogens is 760 g/mol. The number of hydrogen-bond donors (Lipinski definition) is 3. The van der Waals surface area contributed by atoms with Gasteiger partial charge in [0.25, 0.3) is 11.8 Å². The number of carbonyl (C=O) groups excluding carboxylic acids is 4. The van der Waals surface area contributed by atoms with E-state index in [0.29, 0.717) is 18.7 Å². The monoisotopic (exact) mass is 808 g/mol. The van der Waals surface area contributed by atoms with Gasteiger partial charge in [0.05, 0.1) is 41.9 Å². The number of nitrogens with one attached hydrogen (secondary N) is 2. The summed E-state index contributed by atoms with van der Waals surface area (Å²) in [6.07, 6.45) is 1.38. The lowest BCUT2D eigenvalue weighted by Crippen LogP contribution is -2.50. The quantitative estimate of drug-likeness (QED) is 0.153. The van der Waals surface area contributed by atoms with Crippen LogP contribution in [0, 0.1) is 17.2 Å². The highest BCUT2D eigenvalue weighted by atomic mass is 32.1. The van der Waals surface area contributed by atoms with Crippen molar-refractivity contribution in [3.8, 4) is 6.07 Å². The third-order valence-corrected chi connectivity index (χ3v) is 11.2. The number of anilines is 2. The van der Waals surface area contributed by atoms with E-state index in [4.69, 9.17) is 22.6 Å². The van der Waals surface area contributed by atoms with Crippen LogP contribution in [0.5, 0.6) is 0 Å². The Bertz CT molecular complexity index is 1870. The first-order valence-corrected chi connectivity index (χ1v) is 19.0. The molecule has 3 saturated heterocycles. The van der Waals surface area contributed by atoms with Crippen molar-refractivity contribution in [3.05, 3.63) is 59.2 Å². The molecule has 306 valence electrons. The molecule has 6 rings (SSSR count). The fourth-order valence-corrected chi connectivity index (χ4v) is 8.48. The zero-order valence-corrected chi connectivity index (χ0v) is 31.9. The Kier molecular flexibility index (Phi) is 13.2. The van der Waals surface area contributed by atoms with E-state index in [1.54, 1.807) is 44.2 Å². The minimum atomic E-state index is -4.69. The summed E-state index contributed by atoms with van der Waals surface area (Å²) in [5, 5.41) is 23.1. The van der Waals surface area contributed by atoms with Gasteiger partial charge in [-0.2, -0.15) is 18.4 Å². The van der Waals surface area contributed by atoms with Gasteiger partial charge in [-0.25, -0.2) is 8.78 Å². The number of hydrogen-bond acceptors (Lipinski definition) is 8. The first-order chi connectivity index (χ1) is 26.4. The summed E-state index contributed by atoms with van der Waals surface area (Å²) >= 11 is 5.53. The van der Waals surface area contributed by atoms with Crippen molar-refractivity contribution in [1.82, 2.24) is 15.1 Å². The van der Waals surface area contributed by atoms with Gasteiger partial charge in [0, 0.05) is 33.5 Å². The van der Waals surface area contributed by atoms with Gasteiger partial charge in [0.2, 0.25) is 17.7 Å². The van der Waals surface area contributed by atoms with Crippen LogP contribution in [0.4, 0.5) is 33.3 Å². The molecule has 17 heteroatoms. The lowest BCUT2D eigenvalue weighted by Gasteiger charge is -2.39. The Labute approximate surface area is 330 Å². The number of nitrogens with zero attached hydrogens (tertiary/aromatic N) is 4. The number of aliphatic hydroxyl groups excluding tert-OH is 1. The van der Waals surface area contributed by atoms with Gasteiger partial charge in [0.15, 0.2) is 5.11 Å². The predicted octanol–water partition coefficient (Wildman–Crippen LogP) is 6.60. The number of nitriles is 1. The van der Waals surface area contributed by atoms with Crippen molar-refractivity contribution in [1.29, 1.82) is 5.26 Å². The second-order valence-corrected chi connectivity index (χ2v) is 15.5. The molecule has 4 fully saturated rings. The second-order valence-electron chi connectivity index (χ2n) is 15.1. The normalized spacial score (nSPS) is 22.9. The lowest BCUT2D eigenvalue weighted by molar-refractivity contribution is -0.138. The maximum absolute atomic E-state index is 14.1. The van der Waals surface area contributed by atoms with Crippen LogP contribution < -0.4 is 15.5 Å². The Balaban J connectivity index is 0.000000301. The number of carbonyl (C=O) groups is 4. The predicted molar refractivity (Wildman–Crippen MR) is 205 cm³/mol. The number of thiocarbonyl (C=S) groups is 1. The Morgan fingerprint density at radius 2 is 1.73 bits per heavy atom. The highest BCUT2D eigenvalue weighted by Gasteiger charge is 2.52. The van der Waals surface area contributed by atoms with Crippen LogP contribution >= 0.6 is 12.2 Å². The van der Waals surface area contributed by atoms with E-state index in [0.717, 1.165) is 49.8 Å². The van der Waals surface area contributed by atoms with Gasteiger partial charge in [-0.3, -0.25) is 34.3 Å². The second kappa shape index (κ2) is 17.3. The van der Waals surface area contributed by atoms with Gasteiger partial charge in [-0.05, 0) is 101 Å². The van der Waals surface area contributed by atoms with Gasteiger partial charge in [0.1, 0.15) is 5.54 Å². The number of imide groups is 1. The molecule has 56 heavy (non-hydrogen) atoms. The zero-order chi connectivity index (χ0) is 41.0. The van der Waals surface area contributed by atoms with Gasteiger partial charge in [-0.1, -0.05) is 31.4 Å². The summed E-state index contributed by atoms with van der Waals surface area (Å²) in [5.74, 6) is -5.53. The van der Waals surface area contributed by atoms with Crippen LogP contribution in [0.25, 0.3) is 0 Å². The molecule has 3 heterocycles. The Morgan fingerprint density at radius 3 is 2.32 bits per heavy atom. The molecule has 2 unspecified atom stereocenters. The zero-order valence-electron chi connectivity index (χ0n) is 31.1. The minimum Gasteiger partial charge on any atom is -0.396 e. The fourth-order valence-electron chi connectivity index (χ4n) is 7.91. The van der Waals surface area contributed by atoms with Crippen LogP contribution in [-0.2, 0) is 25.4 Å². The van der Waals surface area contributed by atoms with Crippen molar-refractivity contribution in [3.63, 3.8) is 0 Å². The Hall–Kier alpha value is -4.53. The van der Waals surface area contributed by atoms with Gasteiger partial charge < -0.3 is 15.3 Å². The molecule has 0 aromatic heterocycles. The SMILES string of the molecule is CC1(C)C(=O)N(c2ccc(C#N)c(C(F)(F)F)c2)C(=S)N1C1CCCCC1.O=C1CCC(c2ccc(NC(=O)CN3CCC(CCO)C(F)(F)C3)cc2)C(=O)N1.[HH].[HH]. The molecule has 4 amide bonds. The summed E-state index contributed by atoms with van der Waals surface area (Å²) in [6, 6.07) is 11.7. The smallest absolute Gasteiger partial charge is 0.396 e. The van der Waals surface area contributed by atoms with Crippen molar-refractivity contribution >= 4 is 52.3 Å². The molecule has 4 aliphatic rings. The van der Waals surface area contributed by atoms with E-state index in [1.807, 2.05) is 4.90 Å². The number of benzene rings is 2. The number of rotatable bonds is 8. The average Bonchev–Trinajstić information content (AvgIpc) is 3.31. The molecule has 0 spiro atoms. The molecule has 1 aliphatic carbocycles. The molecule has 2 atom stereocenters. The number of aliphatic hydroxyl groups is 1. The molecular formula is C39H49F5N6O5S. The highest BCUT2D eigenvalue weighted by Crippen LogP contribution is 2.40. The topological polar surface area (TPSA) is 146 Å². The molecule has 0 radical (unpaired) electrons. The van der Waals surface area contributed by atoms with Gasteiger partial charge in [-0.15, -0.1) is 0 Å². The van der Waals surface area contributed by atoms with Crippen molar-refractivity contribution < 1.29 is 49.1 Å². The summed E-state index contributed by atoms with van der Waals surface area (Å²) in [6.45, 7) is 2.97. The molecule has 11 nitrogen and oxygen atoms in total. The summed E-state index contributed by atoms with van der Waals surface area (Å²) in [7, 11) is 0. The van der Waals surface area contributed by atoms with E-state index in [-0.39, 0.29) is 69.8 Å². The molecule has 1 saturated carbocycles. The summed E-state index contributed by atoms with van der Waals surface area (Å²) < 4.78 is 68.2. The highest BCUT2D eigenvalue weighted by molar-refractivity contribution is 7.80. The Morgan fingerprint density at radius 1 is 1.05 bits per heavy atom. The molecule has 0 bridgehead atoms. The van der Waals surface area contributed by atoms with Crippen LogP contribution in [0.3, 0.4) is 0 Å². The van der Waals surface area contributed by atoms with Crippen molar-refractivity contribution in [2.45, 2.75) is 101 Å². The number of piperidine rings is 2. The maximum Gasteiger partial charge on any atom is 0.417 e. The van der Waals surface area contributed by atoms with Crippen molar-refractivity contribution in [2.75, 3.05) is 36.5 Å². The standard InChI is InChI=1S/C20H25F2N3O4.C19H20F3N3OS.2H2/c21-20(22)12-25(9-7-14(20)8-10-26)11-18(28)23-15-3-1-13(2-4-15)16-5-6-17(27)24-19(16)29;1-18(2)16(26)24(17(27)25(18)13-6-4-3-5-7-13)14-9-8-12(11-23)15(10-14)19(20,21)22;;/h1-4,14,16,26H,5-12H2,(H,23,28)(H,24,27,29);8-10,13H,3-7H2,1-2H3;2*1H. The largest absolute Gasteiger partial charge is 0.417 e. The average molecular weight is 809 g/mol. The summed E-state index contributed by atoms with van der Waals surface area (Å²) in [5.41, 5.74) is -1.17. The van der Waals surface area contributed by atoms with Gasteiger partial charge >= 0.3 is 6.18 Å². The van der Waals surface area contributed by atoms with E-state index >= 15 is 0 Å². The number of alkyl halides is 5. The first-order valence-electron chi connectivity index (χ1n) is 18.6. The van der Waals surface area contributed by atoms with E-state index in [2.05, 4.69) is 10.6 Å². The first kappa shape index (κ1) is 42.6. The third-order valence-electron chi connectivity index (χ3n) is 10.9. The van der Waals surface area contributed by atoms with Crippen LogP contribution in [0.2, 0.25) is 0 Å². The van der Waals surface area contributed by atoms with Crippen LogP contribution in [0.15, 0.2) is 42.5 Å². The number of halogens is 5. The lowest BCUT2D eigenvalue weighted by atomic mass is 9.90. The minimum absolute atomic E-state index is 0. The molecule has 3 N–H and O–H groups in total. The van der Waals surface area contributed by atoms with E-state index < -0.39 is 53.1 Å². The van der Waals surface area contributed by atoms with E-state index in [1.165, 1.54) is 15.9 Å². The maximum atomic E-state index is 14.1. The van der Waals surface area contributed by atoms with Crippen LogP contribution in [-0.4, -0.2) is 87.4 Å². The summed E-state index contributed by atoms with van der Waals surface area (Å²) in [4.78, 5) is 52.9. The number of amides is 4. The molecule has 2 aromatic rings. The van der Waals surface area contributed by atoms with E-state index in [9.17, 15) is 41.1 Å². The third kappa shape index (κ3) is 9.52. The van der Waals surface area contributed by atoms with Crippen molar-refractivity contribution in [2.24, 2.45) is 5.92 Å². The number of likely N-dealkylation sites (tertiary alicyclic amines) is 1. The fraction of sp³-hybridized carbons (Fsp3) is 0.538. The molecule has 2 aromatic carbocycles. The molecule has 3 aliphatic heterocycles. The van der Waals surface area contributed by atoms with Crippen LogP contribution in [0.1, 0.15) is 97.1 Å².